The predicted molar refractivity (Wildman–Crippen MR) is 102 cm³/mol. The average Bonchev–Trinajstić information content (AvgIpc) is 3.06. The number of imidazole rings is 1. The van der Waals surface area contributed by atoms with Crippen molar-refractivity contribution in [2.75, 3.05) is 13.7 Å². The largest absolute Gasteiger partial charge is 0.424 e. The van der Waals surface area contributed by atoms with Crippen molar-refractivity contribution >= 4 is 34.2 Å². The van der Waals surface area contributed by atoms with Gasteiger partial charge in [0.2, 0.25) is 11.7 Å². The molecule has 0 bridgehead atoms. The van der Waals surface area contributed by atoms with Crippen LogP contribution >= 0.6 is 23.2 Å². The number of alkyl halides is 6. The molecular weight excluding hydrogens is 473 g/mol. The monoisotopic (exact) mass is 486 g/mol. The molecule has 0 aliphatic rings. The maximum atomic E-state index is 13.9. The van der Waals surface area contributed by atoms with Crippen LogP contribution in [0.4, 0.5) is 26.3 Å². The molecule has 0 spiro atoms. The van der Waals surface area contributed by atoms with Gasteiger partial charge < -0.3 is 14.5 Å². The number of nitrogens with zero attached hydrogens (tertiary/aromatic N) is 1. The number of hydrogen-bond acceptors (Lipinski definition) is 3. The normalized spacial score (nSPS) is 15.8. The Hall–Kier alpha value is -2.01. The van der Waals surface area contributed by atoms with Crippen LogP contribution in [0, 0.1) is 0 Å². The van der Waals surface area contributed by atoms with Gasteiger partial charge in [0.1, 0.15) is 5.82 Å². The number of ether oxygens (including phenoxy) is 2. The second kappa shape index (κ2) is 8.50. The minimum atomic E-state index is -5.08. The second-order valence-electron chi connectivity index (χ2n) is 6.53. The maximum absolute atomic E-state index is 13.9. The Kier molecular flexibility index (Phi) is 6.48. The van der Waals surface area contributed by atoms with Gasteiger partial charge in [0.05, 0.1) is 27.7 Å². The number of nitrogens with one attached hydrogen (secondary N) is 1. The van der Waals surface area contributed by atoms with Crippen molar-refractivity contribution < 1.29 is 35.8 Å². The molecule has 0 amide bonds. The van der Waals surface area contributed by atoms with E-state index < -0.39 is 42.1 Å². The SMILES string of the molecule is CO[C@@](COC(c1nc2cc(Cl)c(Cl)cc2[nH]1)C(F)(F)F)(c1ccccc1)C(F)(F)F. The molecule has 2 atom stereocenters. The van der Waals surface area contributed by atoms with E-state index in [1.807, 2.05) is 0 Å². The zero-order valence-corrected chi connectivity index (χ0v) is 17.1. The fourth-order valence-electron chi connectivity index (χ4n) is 3.01. The lowest BCUT2D eigenvalue weighted by atomic mass is 9.93. The summed E-state index contributed by atoms with van der Waals surface area (Å²) < 4.78 is 92.4. The van der Waals surface area contributed by atoms with E-state index in [1.165, 1.54) is 30.3 Å². The Balaban J connectivity index is 2.01. The van der Waals surface area contributed by atoms with Crippen molar-refractivity contribution in [1.29, 1.82) is 0 Å². The van der Waals surface area contributed by atoms with Gasteiger partial charge in [-0.3, -0.25) is 0 Å². The lowest BCUT2D eigenvalue weighted by Crippen LogP contribution is -2.49. The first-order valence-corrected chi connectivity index (χ1v) is 9.35. The number of H-pyrrole nitrogens is 1. The molecule has 3 aromatic rings. The molecule has 4 nitrogen and oxygen atoms in total. The van der Waals surface area contributed by atoms with E-state index in [0.29, 0.717) is 0 Å². The Bertz CT molecular complexity index is 1020. The quantitative estimate of drug-likeness (QED) is 0.399. The van der Waals surface area contributed by atoms with E-state index in [9.17, 15) is 26.3 Å². The topological polar surface area (TPSA) is 47.1 Å². The highest BCUT2D eigenvalue weighted by Gasteiger charge is 2.58. The number of fused-ring (bicyclic) bond motifs is 1. The molecule has 31 heavy (non-hydrogen) atoms. The molecule has 1 unspecified atom stereocenters. The van der Waals surface area contributed by atoms with Crippen molar-refractivity contribution in [3.05, 3.63) is 63.9 Å². The number of aromatic amines is 1. The summed E-state index contributed by atoms with van der Waals surface area (Å²) in [6.07, 6.45) is -12.9. The lowest BCUT2D eigenvalue weighted by Gasteiger charge is -2.35. The van der Waals surface area contributed by atoms with Crippen molar-refractivity contribution in [3.63, 3.8) is 0 Å². The Labute approximate surface area is 182 Å². The summed E-state index contributed by atoms with van der Waals surface area (Å²) in [4.78, 5) is 6.16. The first kappa shape index (κ1) is 23.6. The van der Waals surface area contributed by atoms with Gasteiger partial charge in [-0.15, -0.1) is 0 Å². The van der Waals surface area contributed by atoms with Gasteiger partial charge in [0.25, 0.3) is 0 Å². The van der Waals surface area contributed by atoms with Gasteiger partial charge in [0.15, 0.2) is 0 Å². The van der Waals surface area contributed by atoms with E-state index >= 15 is 0 Å². The molecule has 0 saturated heterocycles. The third kappa shape index (κ3) is 4.62. The molecule has 3 rings (SSSR count). The highest BCUT2D eigenvalue weighted by molar-refractivity contribution is 6.42. The highest BCUT2D eigenvalue weighted by Crippen LogP contribution is 2.44. The first-order valence-electron chi connectivity index (χ1n) is 8.59. The molecule has 0 aliphatic carbocycles. The molecule has 168 valence electrons. The number of halogens is 8. The molecule has 0 aliphatic heterocycles. The third-order valence-electron chi connectivity index (χ3n) is 4.59. The summed E-state index contributed by atoms with van der Waals surface area (Å²) in [6, 6.07) is 8.74. The van der Waals surface area contributed by atoms with E-state index in [2.05, 4.69) is 9.97 Å². The number of rotatable bonds is 6. The van der Waals surface area contributed by atoms with Crippen LogP contribution in [0.15, 0.2) is 42.5 Å². The van der Waals surface area contributed by atoms with Crippen LogP contribution in [0.3, 0.4) is 0 Å². The predicted octanol–water partition coefficient (Wildman–Crippen LogP) is 6.59. The number of methoxy groups -OCH3 is 1. The van der Waals surface area contributed by atoms with Crippen LogP contribution in [-0.4, -0.2) is 36.0 Å². The molecule has 1 heterocycles. The second-order valence-corrected chi connectivity index (χ2v) is 7.35. The van der Waals surface area contributed by atoms with E-state index in [-0.39, 0.29) is 21.1 Å². The number of benzene rings is 2. The van der Waals surface area contributed by atoms with Crippen LogP contribution in [-0.2, 0) is 15.1 Å². The fourth-order valence-corrected chi connectivity index (χ4v) is 3.33. The van der Waals surface area contributed by atoms with Gasteiger partial charge in [0, 0.05) is 7.11 Å². The van der Waals surface area contributed by atoms with E-state index in [0.717, 1.165) is 19.2 Å². The van der Waals surface area contributed by atoms with Crippen LogP contribution in [0.1, 0.15) is 17.5 Å². The van der Waals surface area contributed by atoms with Crippen molar-refractivity contribution in [2.24, 2.45) is 0 Å². The summed E-state index contributed by atoms with van der Waals surface area (Å²) in [6.45, 7) is -1.47. The smallest absolute Gasteiger partial charge is 0.362 e. The Morgan fingerprint density at radius 2 is 1.61 bits per heavy atom. The summed E-state index contributed by atoms with van der Waals surface area (Å²) in [5.41, 5.74) is -3.39. The molecule has 1 aromatic heterocycles. The summed E-state index contributed by atoms with van der Waals surface area (Å²) in [5, 5.41) is 0.115. The third-order valence-corrected chi connectivity index (χ3v) is 5.31. The minimum absolute atomic E-state index is 0.0409. The number of hydrogen-bond donors (Lipinski definition) is 1. The standard InChI is InChI=1S/C19H14Cl2F6N2O2/c1-30-17(19(25,26)27,10-5-3-2-4-6-10)9-31-15(18(22,23)24)16-28-13-7-11(20)12(21)8-14(13)29-16/h2-8,15H,9H2,1H3,(H,28,29)/t15?,17-/m0/s1. The van der Waals surface area contributed by atoms with E-state index in [1.54, 1.807) is 0 Å². The maximum Gasteiger partial charge on any atom is 0.424 e. The molecule has 0 fully saturated rings. The van der Waals surface area contributed by atoms with Crippen LogP contribution < -0.4 is 0 Å². The van der Waals surface area contributed by atoms with Gasteiger partial charge >= 0.3 is 12.4 Å². The van der Waals surface area contributed by atoms with Gasteiger partial charge in [-0.05, 0) is 17.7 Å². The fraction of sp³-hybridized carbons (Fsp3) is 0.316. The zero-order chi connectivity index (χ0) is 23.0. The van der Waals surface area contributed by atoms with Crippen LogP contribution in [0.2, 0.25) is 10.0 Å². The van der Waals surface area contributed by atoms with Gasteiger partial charge in [-0.2, -0.15) is 26.3 Å². The molecule has 2 aromatic carbocycles. The summed E-state index contributed by atoms with van der Waals surface area (Å²) >= 11 is 11.7. The molecule has 1 N–H and O–H groups in total. The Morgan fingerprint density at radius 3 is 2.16 bits per heavy atom. The van der Waals surface area contributed by atoms with Crippen LogP contribution in [0.5, 0.6) is 0 Å². The molecule has 0 saturated carbocycles. The van der Waals surface area contributed by atoms with E-state index in [4.69, 9.17) is 32.7 Å². The summed E-state index contributed by atoms with van der Waals surface area (Å²) in [5.74, 6) is -0.749. The molecule has 0 radical (unpaired) electrons. The van der Waals surface area contributed by atoms with Crippen molar-refractivity contribution in [3.8, 4) is 0 Å². The lowest BCUT2D eigenvalue weighted by molar-refractivity contribution is -0.311. The highest BCUT2D eigenvalue weighted by atomic mass is 35.5. The number of aromatic nitrogens is 2. The first-order chi connectivity index (χ1) is 14.4. The summed E-state index contributed by atoms with van der Waals surface area (Å²) in [7, 11) is 0.748. The van der Waals surface area contributed by atoms with Crippen molar-refractivity contribution in [2.45, 2.75) is 24.1 Å². The Morgan fingerprint density at radius 1 is 1.00 bits per heavy atom. The van der Waals surface area contributed by atoms with Gasteiger partial charge in [-0.25, -0.2) is 4.98 Å². The van der Waals surface area contributed by atoms with Gasteiger partial charge in [-0.1, -0.05) is 53.5 Å². The average molecular weight is 487 g/mol. The zero-order valence-electron chi connectivity index (χ0n) is 15.6. The molecule has 12 heteroatoms. The van der Waals surface area contributed by atoms with Crippen LogP contribution in [0.25, 0.3) is 11.0 Å². The molecular formula is C19H14Cl2F6N2O2. The van der Waals surface area contributed by atoms with Crippen molar-refractivity contribution in [1.82, 2.24) is 9.97 Å². The minimum Gasteiger partial charge on any atom is -0.362 e.